The van der Waals surface area contributed by atoms with Crippen molar-refractivity contribution >= 4 is 23.3 Å². The van der Waals surface area contributed by atoms with Gasteiger partial charge in [-0.05, 0) is 19.4 Å². The van der Waals surface area contributed by atoms with Gasteiger partial charge in [-0.15, -0.1) is 0 Å². The van der Waals surface area contributed by atoms with Crippen molar-refractivity contribution in [3.8, 4) is 0 Å². The molecule has 2 rings (SSSR count). The Hall–Kier alpha value is -1.33. The highest BCUT2D eigenvalue weighted by Crippen LogP contribution is 2.22. The fourth-order valence-electron chi connectivity index (χ4n) is 2.30. The Bertz CT molecular complexity index is 481. The van der Waals surface area contributed by atoms with Crippen molar-refractivity contribution < 1.29 is 9.53 Å². The van der Waals surface area contributed by atoms with Crippen LogP contribution in [0.2, 0.25) is 5.02 Å². The predicted octanol–water partition coefficient (Wildman–Crippen LogP) is 2.42. The summed E-state index contributed by atoms with van der Waals surface area (Å²) in [6.45, 7) is 6.55. The summed E-state index contributed by atoms with van der Waals surface area (Å²) in [7, 11) is 0. The molecule has 6 heteroatoms. The standard InChI is InChI=1S/C14H20ClN3O2/c1-3-10-9-20-6-5-18(10)14(19)11-7-13(16-4-2)17-8-12(11)15/h7-8,10H,3-6,9H2,1-2H3,(H,16,17). The molecule has 0 radical (unpaired) electrons. The number of nitrogens with zero attached hydrogens (tertiary/aromatic N) is 2. The highest BCUT2D eigenvalue weighted by atomic mass is 35.5. The fraction of sp³-hybridized carbons (Fsp3) is 0.571. The summed E-state index contributed by atoms with van der Waals surface area (Å²) >= 11 is 6.13. The van der Waals surface area contributed by atoms with Crippen LogP contribution in [0.1, 0.15) is 30.6 Å². The van der Waals surface area contributed by atoms with Crippen molar-refractivity contribution in [1.29, 1.82) is 0 Å². The lowest BCUT2D eigenvalue weighted by Gasteiger charge is -2.35. The predicted molar refractivity (Wildman–Crippen MR) is 79.3 cm³/mol. The van der Waals surface area contributed by atoms with E-state index in [-0.39, 0.29) is 11.9 Å². The van der Waals surface area contributed by atoms with Crippen LogP contribution in [0.25, 0.3) is 0 Å². The molecule has 1 aliphatic heterocycles. The molecule has 20 heavy (non-hydrogen) atoms. The molecule has 2 heterocycles. The maximum absolute atomic E-state index is 12.7. The van der Waals surface area contributed by atoms with Gasteiger partial charge < -0.3 is 15.0 Å². The Kier molecular flexibility index (Phi) is 5.20. The topological polar surface area (TPSA) is 54.5 Å². The van der Waals surface area contributed by atoms with Gasteiger partial charge >= 0.3 is 0 Å². The van der Waals surface area contributed by atoms with Crippen LogP contribution >= 0.6 is 11.6 Å². The molecule has 0 spiro atoms. The molecule has 0 saturated carbocycles. The molecule has 0 aromatic carbocycles. The van der Waals surface area contributed by atoms with Gasteiger partial charge in [-0.1, -0.05) is 18.5 Å². The van der Waals surface area contributed by atoms with Crippen LogP contribution in [0.15, 0.2) is 12.3 Å². The van der Waals surface area contributed by atoms with Crippen molar-refractivity contribution in [1.82, 2.24) is 9.88 Å². The van der Waals surface area contributed by atoms with E-state index < -0.39 is 0 Å². The van der Waals surface area contributed by atoms with E-state index in [0.717, 1.165) is 13.0 Å². The van der Waals surface area contributed by atoms with Crippen LogP contribution in [-0.4, -0.2) is 48.1 Å². The zero-order valence-corrected chi connectivity index (χ0v) is 12.6. The maximum Gasteiger partial charge on any atom is 0.255 e. The number of aromatic nitrogens is 1. The highest BCUT2D eigenvalue weighted by Gasteiger charge is 2.28. The van der Waals surface area contributed by atoms with Gasteiger partial charge in [0.1, 0.15) is 5.82 Å². The van der Waals surface area contributed by atoms with Gasteiger partial charge in [0.15, 0.2) is 0 Å². The number of carbonyl (C=O) groups excluding carboxylic acids is 1. The molecular formula is C14H20ClN3O2. The zero-order chi connectivity index (χ0) is 14.5. The van der Waals surface area contributed by atoms with E-state index in [2.05, 4.69) is 17.2 Å². The number of ether oxygens (including phenoxy) is 1. The van der Waals surface area contributed by atoms with Crippen LogP contribution in [-0.2, 0) is 4.74 Å². The quantitative estimate of drug-likeness (QED) is 0.927. The third-order valence-electron chi connectivity index (χ3n) is 3.40. The summed E-state index contributed by atoms with van der Waals surface area (Å²) < 4.78 is 5.43. The lowest BCUT2D eigenvalue weighted by molar-refractivity contribution is -0.00279. The largest absolute Gasteiger partial charge is 0.377 e. The maximum atomic E-state index is 12.7. The van der Waals surface area contributed by atoms with E-state index >= 15 is 0 Å². The van der Waals surface area contributed by atoms with E-state index in [4.69, 9.17) is 16.3 Å². The van der Waals surface area contributed by atoms with Gasteiger partial charge in [0.25, 0.3) is 5.91 Å². The van der Waals surface area contributed by atoms with Crippen LogP contribution in [0.4, 0.5) is 5.82 Å². The number of amides is 1. The molecule has 0 bridgehead atoms. The molecule has 1 N–H and O–H groups in total. The van der Waals surface area contributed by atoms with E-state index in [0.29, 0.717) is 36.2 Å². The first-order valence-corrected chi connectivity index (χ1v) is 7.33. The normalized spacial score (nSPS) is 18.9. The molecule has 110 valence electrons. The Morgan fingerprint density at radius 2 is 2.40 bits per heavy atom. The summed E-state index contributed by atoms with van der Waals surface area (Å²) in [5.41, 5.74) is 0.498. The number of pyridine rings is 1. The van der Waals surface area contributed by atoms with E-state index in [1.54, 1.807) is 6.07 Å². The molecule has 1 unspecified atom stereocenters. The van der Waals surface area contributed by atoms with Gasteiger partial charge in [0, 0.05) is 19.3 Å². The SMILES string of the molecule is CCNc1cc(C(=O)N2CCOCC2CC)c(Cl)cn1. The smallest absolute Gasteiger partial charge is 0.255 e. The first-order valence-electron chi connectivity index (χ1n) is 6.95. The number of nitrogens with one attached hydrogen (secondary N) is 1. The van der Waals surface area contributed by atoms with Gasteiger partial charge in [0.2, 0.25) is 0 Å². The summed E-state index contributed by atoms with van der Waals surface area (Å²) in [6.07, 6.45) is 2.39. The average Bonchev–Trinajstić information content (AvgIpc) is 2.48. The number of hydrogen-bond donors (Lipinski definition) is 1. The Balaban J connectivity index is 2.24. The van der Waals surface area contributed by atoms with Crippen molar-refractivity contribution in [3.63, 3.8) is 0 Å². The fourth-order valence-corrected chi connectivity index (χ4v) is 2.48. The van der Waals surface area contributed by atoms with Gasteiger partial charge in [0.05, 0.1) is 29.8 Å². The minimum absolute atomic E-state index is 0.0493. The molecule has 1 aliphatic rings. The van der Waals surface area contributed by atoms with Crippen molar-refractivity contribution in [3.05, 3.63) is 22.8 Å². The molecule has 1 aromatic heterocycles. The van der Waals surface area contributed by atoms with Gasteiger partial charge in [-0.2, -0.15) is 0 Å². The van der Waals surface area contributed by atoms with E-state index in [9.17, 15) is 4.79 Å². The monoisotopic (exact) mass is 297 g/mol. The Labute approximate surface area is 124 Å². The first-order chi connectivity index (χ1) is 9.67. The summed E-state index contributed by atoms with van der Waals surface area (Å²) in [4.78, 5) is 18.7. The van der Waals surface area contributed by atoms with Crippen LogP contribution < -0.4 is 5.32 Å². The molecule has 1 fully saturated rings. The number of halogens is 1. The summed E-state index contributed by atoms with van der Waals surface area (Å²) in [6, 6.07) is 1.83. The third-order valence-corrected chi connectivity index (χ3v) is 3.70. The summed E-state index contributed by atoms with van der Waals surface area (Å²) in [5, 5.41) is 3.48. The minimum Gasteiger partial charge on any atom is -0.377 e. The Morgan fingerprint density at radius 1 is 1.60 bits per heavy atom. The third kappa shape index (κ3) is 3.22. The summed E-state index contributed by atoms with van der Waals surface area (Å²) in [5.74, 6) is 0.619. The lowest BCUT2D eigenvalue weighted by atomic mass is 10.1. The van der Waals surface area contributed by atoms with Crippen molar-refractivity contribution in [2.75, 3.05) is 31.6 Å². The lowest BCUT2D eigenvalue weighted by Crippen LogP contribution is -2.48. The number of morpholine rings is 1. The van der Waals surface area contributed by atoms with E-state index in [1.165, 1.54) is 6.20 Å². The van der Waals surface area contributed by atoms with Gasteiger partial charge in [-0.3, -0.25) is 4.79 Å². The number of anilines is 1. The highest BCUT2D eigenvalue weighted by molar-refractivity contribution is 6.33. The number of carbonyl (C=O) groups is 1. The molecule has 1 amide bonds. The zero-order valence-electron chi connectivity index (χ0n) is 11.9. The second kappa shape index (κ2) is 6.90. The van der Waals surface area contributed by atoms with Crippen molar-refractivity contribution in [2.45, 2.75) is 26.3 Å². The number of hydrogen-bond acceptors (Lipinski definition) is 4. The Morgan fingerprint density at radius 3 is 3.10 bits per heavy atom. The van der Waals surface area contributed by atoms with E-state index in [1.807, 2.05) is 11.8 Å². The second-order valence-electron chi connectivity index (χ2n) is 4.72. The van der Waals surface area contributed by atoms with Crippen LogP contribution in [0.5, 0.6) is 0 Å². The van der Waals surface area contributed by atoms with Crippen LogP contribution in [0.3, 0.4) is 0 Å². The average molecular weight is 298 g/mol. The minimum atomic E-state index is -0.0493. The van der Waals surface area contributed by atoms with Crippen molar-refractivity contribution in [2.24, 2.45) is 0 Å². The molecular weight excluding hydrogens is 278 g/mol. The number of rotatable bonds is 4. The molecule has 1 aromatic rings. The van der Waals surface area contributed by atoms with Gasteiger partial charge in [-0.25, -0.2) is 4.98 Å². The molecule has 1 atom stereocenters. The second-order valence-corrected chi connectivity index (χ2v) is 5.12. The molecule has 1 saturated heterocycles. The molecule has 0 aliphatic carbocycles. The first kappa shape index (κ1) is 15.1. The molecule has 5 nitrogen and oxygen atoms in total. The van der Waals surface area contributed by atoms with Crippen LogP contribution in [0, 0.1) is 0 Å².